The van der Waals surface area contributed by atoms with Crippen molar-refractivity contribution in [3.63, 3.8) is 0 Å². The van der Waals surface area contributed by atoms with Crippen molar-refractivity contribution in [1.82, 2.24) is 4.90 Å². The topological polar surface area (TPSA) is 70.4 Å². The molecule has 0 fully saturated rings. The van der Waals surface area contributed by atoms with Gasteiger partial charge in [-0.05, 0) is 31.1 Å². The number of benzene rings is 1. The average Bonchev–Trinajstić information content (AvgIpc) is 2.65. The molecule has 1 aliphatic heterocycles. The molecule has 0 saturated heterocycles. The Morgan fingerprint density at radius 2 is 1.92 bits per heavy atom. The smallest absolute Gasteiger partial charge is 0.241 e. The fraction of sp³-hybridized carbons (Fsp3) is 0.381. The average molecular weight is 350 g/mol. The molecule has 1 aromatic rings. The lowest BCUT2D eigenvalue weighted by Crippen LogP contribution is -2.57. The molecule has 0 radical (unpaired) electrons. The minimum absolute atomic E-state index is 0.0398. The number of carbonyl (C=O) groups excluding carboxylic acids is 2. The van der Waals surface area contributed by atoms with Gasteiger partial charge in [0, 0.05) is 20.2 Å². The van der Waals surface area contributed by atoms with Crippen LogP contribution in [0.2, 0.25) is 0 Å². The van der Waals surface area contributed by atoms with E-state index in [-0.39, 0.29) is 17.3 Å². The fourth-order valence-corrected chi connectivity index (χ4v) is 3.98. The summed E-state index contributed by atoms with van der Waals surface area (Å²) in [6, 6.07) is 11.4. The highest BCUT2D eigenvalue weighted by atomic mass is 16.5. The van der Waals surface area contributed by atoms with E-state index in [9.17, 15) is 14.9 Å². The minimum Gasteiger partial charge on any atom is -0.383 e. The summed E-state index contributed by atoms with van der Waals surface area (Å²) in [7, 11) is 1.60. The highest BCUT2D eigenvalue weighted by Crippen LogP contribution is 2.51. The lowest BCUT2D eigenvalue weighted by Gasteiger charge is -2.48. The molecule has 26 heavy (non-hydrogen) atoms. The molecule has 134 valence electrons. The van der Waals surface area contributed by atoms with Gasteiger partial charge in [-0.1, -0.05) is 36.4 Å². The van der Waals surface area contributed by atoms with E-state index < -0.39 is 10.8 Å². The third kappa shape index (κ3) is 2.49. The number of allylic oxidation sites excluding steroid dienone is 1. The van der Waals surface area contributed by atoms with Gasteiger partial charge in [0.25, 0.3) is 0 Å². The molecule has 5 heteroatoms. The zero-order chi connectivity index (χ0) is 18.9. The zero-order valence-electron chi connectivity index (χ0n) is 15.3. The Kier molecular flexibility index (Phi) is 4.55. The highest BCUT2D eigenvalue weighted by Gasteiger charge is 2.56. The maximum atomic E-state index is 13.6. The lowest BCUT2D eigenvalue weighted by molar-refractivity contribution is -0.136. The van der Waals surface area contributed by atoms with E-state index in [1.165, 1.54) is 0 Å². The van der Waals surface area contributed by atoms with Gasteiger partial charge in [0.1, 0.15) is 11.5 Å². The molecular formula is C21H22N2O3. The summed E-state index contributed by atoms with van der Waals surface area (Å²) in [4.78, 5) is 28.1. The second-order valence-corrected chi connectivity index (χ2v) is 7.16. The molecule has 5 nitrogen and oxygen atoms in total. The Hall–Kier alpha value is -2.71. The van der Waals surface area contributed by atoms with Crippen LogP contribution in [0.4, 0.5) is 0 Å². The summed E-state index contributed by atoms with van der Waals surface area (Å²) < 4.78 is 5.13. The van der Waals surface area contributed by atoms with Gasteiger partial charge in [-0.3, -0.25) is 9.59 Å². The molecule has 3 rings (SSSR count). The van der Waals surface area contributed by atoms with E-state index in [1.54, 1.807) is 31.9 Å². The van der Waals surface area contributed by atoms with Crippen molar-refractivity contribution in [2.45, 2.75) is 19.3 Å². The molecule has 0 unspecified atom stereocenters. The number of Topliss-reactive ketones (excluding diaryl/α,β-unsaturated/α-hetero) is 1. The number of hydrogen-bond acceptors (Lipinski definition) is 4. The molecule has 0 aromatic heterocycles. The molecule has 0 bridgehead atoms. The molecule has 0 N–H and O–H groups in total. The second-order valence-electron chi connectivity index (χ2n) is 7.16. The van der Waals surface area contributed by atoms with Crippen LogP contribution in [0.15, 0.2) is 53.6 Å². The van der Waals surface area contributed by atoms with Gasteiger partial charge in [-0.15, -0.1) is 0 Å². The SMILES string of the molecule is COCCN1CC=C2C(C)(C)C(=O)C(C#N)=C[C@]2(c2ccccc2)C1=O. The number of rotatable bonds is 4. The van der Waals surface area contributed by atoms with Crippen LogP contribution in [-0.4, -0.2) is 43.4 Å². The maximum Gasteiger partial charge on any atom is 0.241 e. The summed E-state index contributed by atoms with van der Waals surface area (Å²) in [5.41, 5.74) is -0.488. The summed E-state index contributed by atoms with van der Waals surface area (Å²) in [5, 5.41) is 9.54. The monoisotopic (exact) mass is 350 g/mol. The number of nitrogens with zero attached hydrogens (tertiary/aromatic N) is 2. The largest absolute Gasteiger partial charge is 0.383 e. The molecular weight excluding hydrogens is 328 g/mol. The molecule has 1 amide bonds. The van der Waals surface area contributed by atoms with Gasteiger partial charge in [-0.2, -0.15) is 5.26 Å². The Morgan fingerprint density at radius 3 is 2.54 bits per heavy atom. The van der Waals surface area contributed by atoms with Crippen LogP contribution in [0.5, 0.6) is 0 Å². The van der Waals surface area contributed by atoms with Crippen molar-refractivity contribution in [3.05, 3.63) is 59.2 Å². The highest BCUT2D eigenvalue weighted by molar-refractivity contribution is 6.11. The quantitative estimate of drug-likeness (QED) is 0.782. The van der Waals surface area contributed by atoms with E-state index in [0.29, 0.717) is 19.7 Å². The first kappa shape index (κ1) is 18.1. The van der Waals surface area contributed by atoms with Crippen molar-refractivity contribution < 1.29 is 14.3 Å². The van der Waals surface area contributed by atoms with Crippen LogP contribution in [0.25, 0.3) is 0 Å². The first-order valence-corrected chi connectivity index (χ1v) is 8.62. The number of fused-ring (bicyclic) bond motifs is 1. The number of hydrogen-bond donors (Lipinski definition) is 0. The number of methoxy groups -OCH3 is 1. The fourth-order valence-electron chi connectivity index (χ4n) is 3.98. The van der Waals surface area contributed by atoms with E-state index in [2.05, 4.69) is 0 Å². The number of nitriles is 1. The van der Waals surface area contributed by atoms with Crippen LogP contribution >= 0.6 is 0 Å². The Balaban J connectivity index is 2.29. The van der Waals surface area contributed by atoms with Crippen molar-refractivity contribution in [2.75, 3.05) is 26.8 Å². The van der Waals surface area contributed by atoms with E-state index in [4.69, 9.17) is 4.74 Å². The molecule has 0 saturated carbocycles. The minimum atomic E-state index is -1.13. The van der Waals surface area contributed by atoms with Gasteiger partial charge in [0.2, 0.25) is 5.91 Å². The van der Waals surface area contributed by atoms with Gasteiger partial charge in [-0.25, -0.2) is 0 Å². The molecule has 1 aliphatic carbocycles. The van der Waals surface area contributed by atoms with Crippen LogP contribution in [0.1, 0.15) is 19.4 Å². The third-order valence-corrected chi connectivity index (χ3v) is 5.33. The molecule has 1 aromatic carbocycles. The molecule has 1 heterocycles. The number of ether oxygens (including phenoxy) is 1. The zero-order valence-corrected chi connectivity index (χ0v) is 15.3. The predicted molar refractivity (Wildman–Crippen MR) is 97.1 cm³/mol. The normalized spacial score (nSPS) is 24.5. The van der Waals surface area contributed by atoms with Crippen molar-refractivity contribution >= 4 is 11.7 Å². The van der Waals surface area contributed by atoms with Gasteiger partial charge in [0.15, 0.2) is 5.78 Å². The molecule has 2 aliphatic rings. The number of carbonyl (C=O) groups is 2. The van der Waals surface area contributed by atoms with Crippen LogP contribution in [0.3, 0.4) is 0 Å². The third-order valence-electron chi connectivity index (χ3n) is 5.33. The van der Waals surface area contributed by atoms with Crippen LogP contribution in [0, 0.1) is 16.7 Å². The number of ketones is 1. The predicted octanol–water partition coefficient (Wildman–Crippen LogP) is 2.40. The Morgan fingerprint density at radius 1 is 1.23 bits per heavy atom. The summed E-state index contributed by atoms with van der Waals surface area (Å²) >= 11 is 0. The van der Waals surface area contributed by atoms with Crippen molar-refractivity contribution in [1.29, 1.82) is 5.26 Å². The van der Waals surface area contributed by atoms with Gasteiger partial charge >= 0.3 is 0 Å². The summed E-state index contributed by atoms with van der Waals surface area (Å²) in [5.74, 6) is -0.359. The Bertz CT molecular complexity index is 846. The standard InChI is InChI=1S/C21H22N2O3/c1-20(2)17-9-10-23(11-12-26-3)19(25)21(17,13-15(14-22)18(20)24)16-7-5-4-6-8-16/h4-9,13H,10-12H2,1-3H3/t21-/m1/s1. The van der Waals surface area contributed by atoms with Gasteiger partial charge < -0.3 is 9.64 Å². The van der Waals surface area contributed by atoms with Crippen LogP contribution in [-0.2, 0) is 19.7 Å². The first-order valence-electron chi connectivity index (χ1n) is 8.62. The van der Waals surface area contributed by atoms with E-state index >= 15 is 0 Å². The lowest BCUT2D eigenvalue weighted by atomic mass is 9.56. The van der Waals surface area contributed by atoms with Crippen molar-refractivity contribution in [2.24, 2.45) is 5.41 Å². The number of amides is 1. The molecule has 1 atom stereocenters. The molecule has 0 spiro atoms. The van der Waals surface area contributed by atoms with Crippen LogP contribution < -0.4 is 0 Å². The van der Waals surface area contributed by atoms with E-state index in [1.807, 2.05) is 42.5 Å². The van der Waals surface area contributed by atoms with Crippen molar-refractivity contribution in [3.8, 4) is 6.07 Å². The summed E-state index contributed by atoms with van der Waals surface area (Å²) in [6.07, 6.45) is 3.52. The Labute approximate surface area is 153 Å². The maximum absolute atomic E-state index is 13.6. The van der Waals surface area contributed by atoms with E-state index in [0.717, 1.165) is 11.1 Å². The second kappa shape index (κ2) is 6.54. The van der Waals surface area contributed by atoms with Gasteiger partial charge in [0.05, 0.1) is 17.6 Å². The first-order chi connectivity index (χ1) is 12.4. The summed E-state index contributed by atoms with van der Waals surface area (Å²) in [6.45, 7) is 4.90.